The van der Waals surface area contributed by atoms with E-state index in [0.717, 1.165) is 11.1 Å². The van der Waals surface area contributed by atoms with E-state index in [1.54, 1.807) is 32.4 Å². The Kier molecular flexibility index (Phi) is 4.10. The van der Waals surface area contributed by atoms with Crippen molar-refractivity contribution in [3.05, 3.63) is 65.2 Å². The molecule has 0 bridgehead atoms. The summed E-state index contributed by atoms with van der Waals surface area (Å²) in [5, 5.41) is 3.89. The third kappa shape index (κ3) is 2.94. The SMILES string of the molecule is COc1ccc(C=C2C(=O)ON=C2c2ccccc2)c(OC)c1. The molecule has 0 aromatic heterocycles. The molecule has 0 atom stereocenters. The standard InChI is InChI=1S/C18H15NO4/c1-21-14-9-8-13(16(11-14)22-2)10-15-17(19-23-18(15)20)12-6-4-3-5-7-12/h3-11H,1-2H3. The highest BCUT2D eigenvalue weighted by Crippen LogP contribution is 2.28. The average molecular weight is 309 g/mol. The molecule has 1 heterocycles. The van der Waals surface area contributed by atoms with E-state index in [4.69, 9.17) is 14.3 Å². The van der Waals surface area contributed by atoms with Crippen molar-refractivity contribution >= 4 is 17.8 Å². The molecule has 23 heavy (non-hydrogen) atoms. The summed E-state index contributed by atoms with van der Waals surface area (Å²) in [6.45, 7) is 0. The molecule has 0 unspecified atom stereocenters. The number of nitrogens with zero attached hydrogens (tertiary/aromatic N) is 1. The van der Waals surface area contributed by atoms with Gasteiger partial charge in [-0.1, -0.05) is 35.5 Å². The van der Waals surface area contributed by atoms with Crippen molar-refractivity contribution in [2.24, 2.45) is 5.16 Å². The topological polar surface area (TPSA) is 57.1 Å². The van der Waals surface area contributed by atoms with Gasteiger partial charge < -0.3 is 14.3 Å². The van der Waals surface area contributed by atoms with E-state index in [2.05, 4.69) is 5.16 Å². The summed E-state index contributed by atoms with van der Waals surface area (Å²) in [6.07, 6.45) is 1.71. The molecule has 0 N–H and O–H groups in total. The molecule has 0 saturated carbocycles. The molecule has 1 aliphatic heterocycles. The Morgan fingerprint density at radius 2 is 1.83 bits per heavy atom. The Morgan fingerprint density at radius 3 is 2.52 bits per heavy atom. The molecule has 0 amide bonds. The predicted octanol–water partition coefficient (Wildman–Crippen LogP) is 3.05. The van der Waals surface area contributed by atoms with Gasteiger partial charge >= 0.3 is 5.97 Å². The lowest BCUT2D eigenvalue weighted by Crippen LogP contribution is -2.07. The first kappa shape index (κ1) is 14.8. The molecule has 0 saturated heterocycles. The third-order valence-corrected chi connectivity index (χ3v) is 3.48. The maximum absolute atomic E-state index is 12.0. The van der Waals surface area contributed by atoms with Gasteiger partial charge in [-0.25, -0.2) is 4.79 Å². The third-order valence-electron chi connectivity index (χ3n) is 3.48. The van der Waals surface area contributed by atoms with E-state index in [0.29, 0.717) is 22.8 Å². The fourth-order valence-electron chi connectivity index (χ4n) is 2.31. The zero-order chi connectivity index (χ0) is 16.2. The molecule has 116 valence electrons. The predicted molar refractivity (Wildman–Crippen MR) is 86.6 cm³/mol. The van der Waals surface area contributed by atoms with Crippen molar-refractivity contribution in [1.82, 2.24) is 0 Å². The van der Waals surface area contributed by atoms with E-state index in [-0.39, 0.29) is 0 Å². The van der Waals surface area contributed by atoms with Crippen molar-refractivity contribution in [3.8, 4) is 11.5 Å². The summed E-state index contributed by atoms with van der Waals surface area (Å²) in [4.78, 5) is 16.9. The zero-order valence-corrected chi connectivity index (χ0v) is 12.8. The Hall–Kier alpha value is -3.08. The highest BCUT2D eigenvalue weighted by atomic mass is 16.7. The Bertz CT molecular complexity index is 794. The van der Waals surface area contributed by atoms with E-state index in [1.807, 2.05) is 36.4 Å². The molecule has 0 radical (unpaired) electrons. The molecule has 5 heteroatoms. The van der Waals surface area contributed by atoms with Gasteiger partial charge in [0.05, 0.1) is 19.8 Å². The van der Waals surface area contributed by atoms with Crippen LogP contribution in [0.4, 0.5) is 0 Å². The number of rotatable bonds is 4. The summed E-state index contributed by atoms with van der Waals surface area (Å²) in [5.41, 5.74) is 2.45. The number of hydrogen-bond acceptors (Lipinski definition) is 5. The number of carbonyl (C=O) groups excluding carboxylic acids is 1. The first-order chi connectivity index (χ1) is 11.2. The van der Waals surface area contributed by atoms with Crippen LogP contribution in [-0.2, 0) is 9.63 Å². The molecular weight excluding hydrogens is 294 g/mol. The number of oxime groups is 1. The number of carbonyl (C=O) groups is 1. The number of hydrogen-bond donors (Lipinski definition) is 0. The van der Waals surface area contributed by atoms with E-state index in [9.17, 15) is 4.79 Å². The molecule has 0 aliphatic carbocycles. The second-order valence-corrected chi connectivity index (χ2v) is 4.85. The van der Waals surface area contributed by atoms with Gasteiger partial charge in [-0.2, -0.15) is 0 Å². The zero-order valence-electron chi connectivity index (χ0n) is 12.8. The van der Waals surface area contributed by atoms with Crippen LogP contribution in [-0.4, -0.2) is 25.9 Å². The maximum Gasteiger partial charge on any atom is 0.368 e. The van der Waals surface area contributed by atoms with E-state index in [1.165, 1.54) is 0 Å². The van der Waals surface area contributed by atoms with Crippen molar-refractivity contribution in [2.45, 2.75) is 0 Å². The van der Waals surface area contributed by atoms with Crippen LogP contribution in [0.1, 0.15) is 11.1 Å². The molecular formula is C18H15NO4. The summed E-state index contributed by atoms with van der Waals surface area (Å²) in [5.74, 6) is 0.792. The second kappa shape index (κ2) is 6.36. The van der Waals surface area contributed by atoms with Crippen molar-refractivity contribution in [3.63, 3.8) is 0 Å². The fraction of sp³-hybridized carbons (Fsp3) is 0.111. The Labute approximate surface area is 133 Å². The fourth-order valence-corrected chi connectivity index (χ4v) is 2.31. The van der Waals surface area contributed by atoms with Gasteiger partial charge in [-0.05, 0) is 18.2 Å². The summed E-state index contributed by atoms with van der Waals surface area (Å²) in [7, 11) is 3.15. The van der Waals surface area contributed by atoms with Crippen molar-refractivity contribution in [2.75, 3.05) is 14.2 Å². The van der Waals surface area contributed by atoms with E-state index >= 15 is 0 Å². The second-order valence-electron chi connectivity index (χ2n) is 4.85. The number of methoxy groups -OCH3 is 2. The van der Waals surface area contributed by atoms with Crippen LogP contribution in [0.5, 0.6) is 11.5 Å². The van der Waals surface area contributed by atoms with Crippen molar-refractivity contribution < 1.29 is 19.1 Å². The molecule has 2 aromatic rings. The molecule has 0 fully saturated rings. The summed E-state index contributed by atoms with van der Waals surface area (Å²) >= 11 is 0. The first-order valence-electron chi connectivity index (χ1n) is 7.02. The van der Waals surface area contributed by atoms with Crippen LogP contribution in [0, 0.1) is 0 Å². The van der Waals surface area contributed by atoms with Crippen LogP contribution in [0.3, 0.4) is 0 Å². The van der Waals surface area contributed by atoms with Gasteiger partial charge in [0.25, 0.3) is 0 Å². The van der Waals surface area contributed by atoms with Gasteiger partial charge in [0.1, 0.15) is 17.2 Å². The molecule has 5 nitrogen and oxygen atoms in total. The molecule has 2 aromatic carbocycles. The minimum absolute atomic E-state index is 0.389. The lowest BCUT2D eigenvalue weighted by molar-refractivity contribution is -0.136. The van der Waals surface area contributed by atoms with E-state index < -0.39 is 5.97 Å². The van der Waals surface area contributed by atoms with Gasteiger partial charge in [0.2, 0.25) is 0 Å². The first-order valence-corrected chi connectivity index (χ1v) is 7.02. The monoisotopic (exact) mass is 309 g/mol. The molecule has 3 rings (SSSR count). The maximum atomic E-state index is 12.0. The van der Waals surface area contributed by atoms with Crippen LogP contribution in [0.25, 0.3) is 6.08 Å². The Morgan fingerprint density at radius 1 is 1.04 bits per heavy atom. The number of benzene rings is 2. The lowest BCUT2D eigenvalue weighted by atomic mass is 10.0. The molecule has 0 spiro atoms. The summed E-state index contributed by atoms with van der Waals surface area (Å²) in [6, 6.07) is 14.8. The van der Waals surface area contributed by atoms with Gasteiger partial charge in [-0.3, -0.25) is 0 Å². The normalized spacial score (nSPS) is 15.3. The quantitative estimate of drug-likeness (QED) is 0.643. The van der Waals surface area contributed by atoms with Gasteiger partial charge in [0.15, 0.2) is 0 Å². The van der Waals surface area contributed by atoms with Crippen LogP contribution in [0.2, 0.25) is 0 Å². The smallest absolute Gasteiger partial charge is 0.368 e. The van der Waals surface area contributed by atoms with Crippen molar-refractivity contribution in [1.29, 1.82) is 0 Å². The van der Waals surface area contributed by atoms with Crippen LogP contribution >= 0.6 is 0 Å². The van der Waals surface area contributed by atoms with Crippen LogP contribution < -0.4 is 9.47 Å². The largest absolute Gasteiger partial charge is 0.497 e. The Balaban J connectivity index is 2.04. The number of ether oxygens (including phenoxy) is 2. The minimum Gasteiger partial charge on any atom is -0.497 e. The minimum atomic E-state index is -0.485. The van der Waals surface area contributed by atoms with Crippen LogP contribution in [0.15, 0.2) is 59.3 Å². The summed E-state index contributed by atoms with van der Waals surface area (Å²) < 4.78 is 10.5. The highest BCUT2D eigenvalue weighted by Gasteiger charge is 2.27. The molecule has 1 aliphatic rings. The van der Waals surface area contributed by atoms with Gasteiger partial charge in [-0.15, -0.1) is 0 Å². The van der Waals surface area contributed by atoms with Gasteiger partial charge in [0, 0.05) is 17.2 Å². The average Bonchev–Trinajstić information content (AvgIpc) is 2.97. The highest BCUT2D eigenvalue weighted by molar-refractivity contribution is 6.31. The lowest BCUT2D eigenvalue weighted by Gasteiger charge is -2.08.